The van der Waals surface area contributed by atoms with Gasteiger partial charge >= 0.3 is 0 Å². The van der Waals surface area contributed by atoms with Crippen LogP contribution in [0.15, 0.2) is 18.2 Å². The summed E-state index contributed by atoms with van der Waals surface area (Å²) in [6.07, 6.45) is 1.89. The first-order valence-electron chi connectivity index (χ1n) is 8.57. The molecule has 1 aromatic carbocycles. The maximum absolute atomic E-state index is 13.6. The van der Waals surface area contributed by atoms with Crippen LogP contribution in [0, 0.1) is 19.7 Å². The lowest BCUT2D eigenvalue weighted by Gasteiger charge is -2.04. The van der Waals surface area contributed by atoms with Crippen LogP contribution in [0.5, 0.6) is 0 Å². The average Bonchev–Trinajstić information content (AvgIpc) is 3.04. The Morgan fingerprint density at radius 1 is 1.26 bits per heavy atom. The second-order valence-corrected chi connectivity index (χ2v) is 6.57. The number of rotatable bonds is 5. The number of benzene rings is 1. The van der Waals surface area contributed by atoms with Crippen LogP contribution in [0.1, 0.15) is 46.2 Å². The number of anilines is 1. The highest BCUT2D eigenvalue weighted by Gasteiger charge is 2.26. The van der Waals surface area contributed by atoms with Gasteiger partial charge in [-0.05, 0) is 50.6 Å². The van der Waals surface area contributed by atoms with Crippen molar-refractivity contribution in [2.24, 2.45) is 0 Å². The van der Waals surface area contributed by atoms with E-state index in [1.54, 1.807) is 19.9 Å². The van der Waals surface area contributed by atoms with Crippen molar-refractivity contribution in [2.75, 3.05) is 11.9 Å². The summed E-state index contributed by atoms with van der Waals surface area (Å²) in [4.78, 5) is 38.8. The molecular formula is C20H20FN3O3. The lowest BCUT2D eigenvalue weighted by molar-refractivity contribution is -0.117. The van der Waals surface area contributed by atoms with Gasteiger partial charge in [0.15, 0.2) is 0 Å². The van der Waals surface area contributed by atoms with Crippen LogP contribution in [-0.4, -0.2) is 29.1 Å². The predicted octanol–water partition coefficient (Wildman–Crippen LogP) is 2.97. The van der Waals surface area contributed by atoms with E-state index >= 15 is 0 Å². The van der Waals surface area contributed by atoms with Crippen LogP contribution >= 0.6 is 0 Å². The lowest BCUT2D eigenvalue weighted by atomic mass is 10.0. The van der Waals surface area contributed by atoms with E-state index < -0.39 is 5.82 Å². The van der Waals surface area contributed by atoms with Gasteiger partial charge < -0.3 is 15.6 Å². The minimum absolute atomic E-state index is 0.00128. The van der Waals surface area contributed by atoms with E-state index in [1.807, 2.05) is 0 Å². The van der Waals surface area contributed by atoms with Gasteiger partial charge in [-0.1, -0.05) is 0 Å². The number of aromatic amines is 1. The van der Waals surface area contributed by atoms with Crippen molar-refractivity contribution < 1.29 is 18.8 Å². The van der Waals surface area contributed by atoms with E-state index in [0.29, 0.717) is 39.3 Å². The molecule has 2 amide bonds. The van der Waals surface area contributed by atoms with Crippen molar-refractivity contribution in [1.82, 2.24) is 10.3 Å². The first kappa shape index (κ1) is 18.6. The Bertz CT molecular complexity index is 989. The Morgan fingerprint density at radius 3 is 2.70 bits per heavy atom. The van der Waals surface area contributed by atoms with E-state index in [9.17, 15) is 18.8 Å². The number of H-pyrrole nitrogens is 1. The summed E-state index contributed by atoms with van der Waals surface area (Å²) in [5.41, 5.74) is 3.78. The zero-order chi connectivity index (χ0) is 19.7. The van der Waals surface area contributed by atoms with Gasteiger partial charge in [0.2, 0.25) is 0 Å². The van der Waals surface area contributed by atoms with Crippen LogP contribution < -0.4 is 10.6 Å². The first-order chi connectivity index (χ1) is 12.8. The molecule has 27 heavy (non-hydrogen) atoms. The van der Waals surface area contributed by atoms with Crippen molar-refractivity contribution in [3.8, 4) is 0 Å². The minimum atomic E-state index is -0.430. The van der Waals surface area contributed by atoms with E-state index in [1.165, 1.54) is 25.1 Å². The number of carbonyl (C=O) groups is 3. The fourth-order valence-corrected chi connectivity index (χ4v) is 3.15. The second kappa shape index (κ2) is 7.19. The smallest absolute Gasteiger partial charge is 0.256 e. The molecule has 0 radical (unpaired) electrons. The molecule has 7 heteroatoms. The Balaban J connectivity index is 1.92. The number of amides is 2. The summed E-state index contributed by atoms with van der Waals surface area (Å²) in [5, 5.41) is 5.42. The quantitative estimate of drug-likeness (QED) is 0.708. The van der Waals surface area contributed by atoms with Crippen molar-refractivity contribution in [1.29, 1.82) is 0 Å². The number of hydrogen-bond acceptors (Lipinski definition) is 3. The molecule has 0 fully saturated rings. The number of Topliss-reactive ketones (excluding diaryl/α,β-unsaturated/α-hetero) is 1. The molecule has 0 bridgehead atoms. The molecule has 2 aromatic rings. The van der Waals surface area contributed by atoms with Crippen molar-refractivity contribution >= 4 is 34.9 Å². The Labute approximate surface area is 155 Å². The van der Waals surface area contributed by atoms with Crippen molar-refractivity contribution in [2.45, 2.75) is 27.2 Å². The van der Waals surface area contributed by atoms with Gasteiger partial charge in [-0.15, -0.1) is 0 Å². The van der Waals surface area contributed by atoms with Crippen LogP contribution in [-0.2, 0) is 9.59 Å². The van der Waals surface area contributed by atoms with E-state index in [4.69, 9.17) is 0 Å². The number of aryl methyl sites for hydroxylation is 1. The molecule has 1 aliphatic rings. The molecule has 0 aliphatic carbocycles. The summed E-state index contributed by atoms with van der Waals surface area (Å²) in [7, 11) is 0. The summed E-state index contributed by atoms with van der Waals surface area (Å²) >= 11 is 0. The molecule has 0 atom stereocenters. The number of ketones is 1. The monoisotopic (exact) mass is 369 g/mol. The van der Waals surface area contributed by atoms with E-state index in [0.717, 1.165) is 0 Å². The summed E-state index contributed by atoms with van der Waals surface area (Å²) < 4.78 is 13.6. The molecule has 6 nitrogen and oxygen atoms in total. The van der Waals surface area contributed by atoms with Crippen LogP contribution in [0.25, 0.3) is 11.6 Å². The largest absolute Gasteiger partial charge is 0.358 e. The molecule has 2 heterocycles. The van der Waals surface area contributed by atoms with Gasteiger partial charge in [-0.25, -0.2) is 4.39 Å². The van der Waals surface area contributed by atoms with Gasteiger partial charge in [0.25, 0.3) is 11.8 Å². The number of hydrogen-bond donors (Lipinski definition) is 3. The third-order valence-electron chi connectivity index (χ3n) is 4.52. The summed E-state index contributed by atoms with van der Waals surface area (Å²) in [6, 6.07) is 4.11. The van der Waals surface area contributed by atoms with E-state index in [-0.39, 0.29) is 30.6 Å². The second-order valence-electron chi connectivity index (χ2n) is 6.57. The fourth-order valence-electron chi connectivity index (χ4n) is 3.15. The van der Waals surface area contributed by atoms with Gasteiger partial charge in [-0.2, -0.15) is 0 Å². The fraction of sp³-hybridized carbons (Fsp3) is 0.250. The molecule has 0 saturated carbocycles. The summed E-state index contributed by atoms with van der Waals surface area (Å²) in [5.74, 6) is -1.04. The Hall–Kier alpha value is -3.22. The highest BCUT2D eigenvalue weighted by Crippen LogP contribution is 2.34. The molecule has 1 aliphatic heterocycles. The van der Waals surface area contributed by atoms with Crippen LogP contribution in [0.4, 0.5) is 10.1 Å². The molecule has 0 spiro atoms. The number of fused-ring (bicyclic) bond motifs is 1. The Morgan fingerprint density at radius 2 is 2.00 bits per heavy atom. The topological polar surface area (TPSA) is 91.1 Å². The summed E-state index contributed by atoms with van der Waals surface area (Å²) in [6.45, 7) is 5.27. The molecule has 3 rings (SSSR count). The number of aromatic nitrogens is 1. The number of nitrogens with one attached hydrogen (secondary N) is 3. The number of halogens is 1. The van der Waals surface area contributed by atoms with Crippen molar-refractivity contribution in [3.63, 3.8) is 0 Å². The number of carbonyl (C=O) groups excluding carboxylic acids is 3. The molecule has 1 aromatic heterocycles. The average molecular weight is 369 g/mol. The normalized spacial score (nSPS) is 14.2. The molecule has 0 unspecified atom stereocenters. The highest BCUT2D eigenvalue weighted by molar-refractivity contribution is 6.34. The lowest BCUT2D eigenvalue weighted by Crippen LogP contribution is -2.26. The zero-order valence-corrected chi connectivity index (χ0v) is 15.3. The van der Waals surface area contributed by atoms with Gasteiger partial charge in [0, 0.05) is 35.6 Å². The minimum Gasteiger partial charge on any atom is -0.358 e. The van der Waals surface area contributed by atoms with Crippen molar-refractivity contribution in [3.05, 3.63) is 52.1 Å². The third-order valence-corrected chi connectivity index (χ3v) is 4.52. The highest BCUT2D eigenvalue weighted by atomic mass is 19.1. The van der Waals surface area contributed by atoms with Gasteiger partial charge in [0.05, 0.1) is 11.1 Å². The van der Waals surface area contributed by atoms with Gasteiger partial charge in [-0.3, -0.25) is 14.4 Å². The standard InChI is InChI=1S/C20H20FN3O3/c1-10(25)6-7-22-20(27)18-11(2)17(23-12(18)3)9-15-14-8-13(21)4-5-16(14)24-19(15)26/h4-5,8-9,23H,6-7H2,1-3H3,(H,22,27)(H,24,26)/b15-9-. The Kier molecular flexibility index (Phi) is 4.94. The van der Waals surface area contributed by atoms with Crippen LogP contribution in [0.2, 0.25) is 0 Å². The molecule has 3 N–H and O–H groups in total. The van der Waals surface area contributed by atoms with Gasteiger partial charge in [0.1, 0.15) is 11.6 Å². The molecule has 0 saturated heterocycles. The SMILES string of the molecule is CC(=O)CCNC(=O)c1c(C)[nH]c(/C=C2\C(=O)Nc3ccc(F)cc32)c1C. The third kappa shape index (κ3) is 3.67. The molecular weight excluding hydrogens is 349 g/mol. The zero-order valence-electron chi connectivity index (χ0n) is 15.3. The molecule has 140 valence electrons. The predicted molar refractivity (Wildman–Crippen MR) is 101 cm³/mol. The van der Waals surface area contributed by atoms with Crippen LogP contribution in [0.3, 0.4) is 0 Å². The van der Waals surface area contributed by atoms with E-state index in [2.05, 4.69) is 15.6 Å². The maximum Gasteiger partial charge on any atom is 0.256 e. The first-order valence-corrected chi connectivity index (χ1v) is 8.57. The maximum atomic E-state index is 13.6.